The highest BCUT2D eigenvalue weighted by molar-refractivity contribution is 5.83. The van der Waals surface area contributed by atoms with Crippen LogP contribution < -0.4 is 0 Å². The van der Waals surface area contributed by atoms with E-state index in [9.17, 15) is 14.4 Å². The van der Waals surface area contributed by atoms with Crippen LogP contribution in [0, 0.1) is 0 Å². The number of ether oxygens (including phenoxy) is 3. The summed E-state index contributed by atoms with van der Waals surface area (Å²) in [6.07, 6.45) is 0.967. The topological polar surface area (TPSA) is 82.1 Å². The van der Waals surface area contributed by atoms with Crippen LogP contribution in [-0.4, -0.2) is 40.7 Å². The summed E-state index contributed by atoms with van der Waals surface area (Å²) in [5.41, 5.74) is -0.662. The zero-order valence-corrected chi connectivity index (χ0v) is 14.5. The number of nitrogens with zero attached hydrogens (tertiary/aromatic N) is 1. The van der Waals surface area contributed by atoms with E-state index < -0.39 is 29.7 Å². The molecule has 0 aliphatic carbocycles. The van der Waals surface area contributed by atoms with Gasteiger partial charge in [-0.05, 0) is 41.0 Å². The first-order valence-corrected chi connectivity index (χ1v) is 7.60. The average Bonchev–Trinajstić information content (AvgIpc) is 2.34. The number of rotatable bonds is 3. The summed E-state index contributed by atoms with van der Waals surface area (Å²) in [7, 11) is 0. The molecule has 0 aromatic heterocycles. The maximum atomic E-state index is 12.3. The van der Waals surface area contributed by atoms with Gasteiger partial charge < -0.3 is 14.2 Å². The second-order valence-corrected chi connectivity index (χ2v) is 6.62. The third kappa shape index (κ3) is 6.30. The fourth-order valence-electron chi connectivity index (χ4n) is 2.03. The Morgan fingerprint density at radius 3 is 2.35 bits per heavy atom. The van der Waals surface area contributed by atoms with Gasteiger partial charge in [-0.2, -0.15) is 0 Å². The third-order valence-corrected chi connectivity index (χ3v) is 2.78. The van der Waals surface area contributed by atoms with E-state index in [1.807, 2.05) is 0 Å². The highest BCUT2D eigenvalue weighted by atomic mass is 16.6. The van der Waals surface area contributed by atoms with Crippen LogP contribution in [0.5, 0.6) is 0 Å². The van der Waals surface area contributed by atoms with E-state index >= 15 is 0 Å². The summed E-state index contributed by atoms with van der Waals surface area (Å²) in [5, 5.41) is 0. The second kappa shape index (κ2) is 7.48. The molecule has 0 fully saturated rings. The Hall–Kier alpha value is -2.05. The summed E-state index contributed by atoms with van der Waals surface area (Å²) >= 11 is 0. The lowest BCUT2D eigenvalue weighted by molar-refractivity contribution is -0.160. The van der Waals surface area contributed by atoms with Crippen molar-refractivity contribution >= 4 is 18.0 Å². The molecule has 0 unspecified atom stereocenters. The van der Waals surface area contributed by atoms with Gasteiger partial charge in [-0.25, -0.2) is 9.59 Å². The van der Waals surface area contributed by atoms with E-state index in [0.717, 1.165) is 4.90 Å². The Balaban J connectivity index is 2.99. The maximum Gasteiger partial charge on any atom is 0.414 e. The summed E-state index contributed by atoms with van der Waals surface area (Å²) < 4.78 is 15.5. The number of carbonyl (C=O) groups is 3. The minimum atomic E-state index is -0.806. The van der Waals surface area contributed by atoms with Gasteiger partial charge in [0.25, 0.3) is 0 Å². The maximum absolute atomic E-state index is 12.3. The molecular formula is C16H25NO6. The Kier molecular flexibility index (Phi) is 6.18. The van der Waals surface area contributed by atoms with Crippen molar-refractivity contribution in [1.29, 1.82) is 0 Å². The van der Waals surface area contributed by atoms with Gasteiger partial charge in [0.1, 0.15) is 17.4 Å². The van der Waals surface area contributed by atoms with Gasteiger partial charge in [-0.1, -0.05) is 0 Å². The molecule has 1 heterocycles. The average molecular weight is 327 g/mol. The predicted molar refractivity (Wildman–Crippen MR) is 82.2 cm³/mol. The quantitative estimate of drug-likeness (QED) is 0.585. The van der Waals surface area contributed by atoms with Crippen molar-refractivity contribution in [2.45, 2.75) is 72.1 Å². The number of esters is 2. The highest BCUT2D eigenvalue weighted by Gasteiger charge is 2.37. The van der Waals surface area contributed by atoms with Crippen molar-refractivity contribution in [3.63, 3.8) is 0 Å². The van der Waals surface area contributed by atoms with E-state index in [-0.39, 0.29) is 6.10 Å². The van der Waals surface area contributed by atoms with Crippen LogP contribution in [-0.2, 0) is 23.8 Å². The van der Waals surface area contributed by atoms with Crippen molar-refractivity contribution in [2.75, 3.05) is 0 Å². The number of amides is 1. The van der Waals surface area contributed by atoms with Crippen molar-refractivity contribution in [3.05, 3.63) is 12.0 Å². The summed E-state index contributed by atoms with van der Waals surface area (Å²) in [4.78, 5) is 36.8. The smallest absolute Gasteiger partial charge is 0.414 e. The number of hydrogen-bond donors (Lipinski definition) is 0. The molecule has 1 amide bonds. The van der Waals surface area contributed by atoms with E-state index in [0.29, 0.717) is 18.6 Å². The van der Waals surface area contributed by atoms with E-state index in [1.54, 1.807) is 34.6 Å². The molecule has 0 aromatic carbocycles. The molecule has 1 aliphatic rings. The van der Waals surface area contributed by atoms with Crippen LogP contribution in [0.25, 0.3) is 0 Å². The van der Waals surface area contributed by atoms with Gasteiger partial charge in [0.05, 0.1) is 6.10 Å². The Morgan fingerprint density at radius 1 is 1.26 bits per heavy atom. The van der Waals surface area contributed by atoms with Gasteiger partial charge in [-0.15, -0.1) is 0 Å². The molecule has 0 spiro atoms. The van der Waals surface area contributed by atoms with Crippen LogP contribution in [0.4, 0.5) is 4.79 Å². The van der Waals surface area contributed by atoms with Crippen molar-refractivity contribution in [2.24, 2.45) is 0 Å². The molecule has 23 heavy (non-hydrogen) atoms. The lowest BCUT2D eigenvalue weighted by Gasteiger charge is -2.33. The summed E-state index contributed by atoms with van der Waals surface area (Å²) in [6.45, 7) is 9.96. The SMILES string of the molecule is CC(=O)OC1=CN(C(=O)OC(C)C)[C@H](C(=O)OC(C)(C)C)CC1. The molecule has 1 aliphatic heterocycles. The first kappa shape index (κ1) is 19.0. The van der Waals surface area contributed by atoms with Crippen LogP contribution in [0.15, 0.2) is 12.0 Å². The Bertz CT molecular complexity index is 503. The minimum absolute atomic E-state index is 0.293. The molecule has 0 bridgehead atoms. The number of hydrogen-bond acceptors (Lipinski definition) is 6. The zero-order chi connectivity index (χ0) is 17.8. The minimum Gasteiger partial charge on any atom is -0.458 e. The first-order chi connectivity index (χ1) is 10.5. The molecule has 1 rings (SSSR count). The fourth-order valence-corrected chi connectivity index (χ4v) is 2.03. The van der Waals surface area contributed by atoms with E-state index in [2.05, 4.69) is 0 Å². The molecule has 7 heteroatoms. The van der Waals surface area contributed by atoms with Gasteiger partial charge in [0.15, 0.2) is 0 Å². The van der Waals surface area contributed by atoms with Gasteiger partial charge >= 0.3 is 18.0 Å². The largest absolute Gasteiger partial charge is 0.458 e. The van der Waals surface area contributed by atoms with E-state index in [1.165, 1.54) is 13.1 Å². The van der Waals surface area contributed by atoms with Crippen LogP contribution in [0.2, 0.25) is 0 Å². The summed E-state index contributed by atoms with van der Waals surface area (Å²) in [6, 6.07) is -0.806. The zero-order valence-electron chi connectivity index (χ0n) is 14.5. The standard InChI is InChI=1S/C16H25NO6/c1-10(2)21-15(20)17-9-12(22-11(3)18)7-8-13(17)14(19)23-16(4,5)6/h9-10,13H,7-8H2,1-6H3/t13-/m0/s1. The van der Waals surface area contributed by atoms with Crippen molar-refractivity contribution < 1.29 is 28.6 Å². The van der Waals surface area contributed by atoms with E-state index in [4.69, 9.17) is 14.2 Å². The highest BCUT2D eigenvalue weighted by Crippen LogP contribution is 2.25. The normalized spacial score (nSPS) is 18.3. The number of allylic oxidation sites excluding steroid dienone is 1. The molecule has 0 saturated carbocycles. The molecule has 7 nitrogen and oxygen atoms in total. The van der Waals surface area contributed by atoms with Gasteiger partial charge in [0.2, 0.25) is 0 Å². The third-order valence-electron chi connectivity index (χ3n) is 2.78. The van der Waals surface area contributed by atoms with Gasteiger partial charge in [-0.3, -0.25) is 9.69 Å². The monoisotopic (exact) mass is 327 g/mol. The van der Waals surface area contributed by atoms with Crippen LogP contribution in [0.1, 0.15) is 54.4 Å². The molecular weight excluding hydrogens is 302 g/mol. The molecule has 130 valence electrons. The van der Waals surface area contributed by atoms with Crippen molar-refractivity contribution in [3.8, 4) is 0 Å². The lowest BCUT2D eigenvalue weighted by Crippen LogP contribution is -2.47. The first-order valence-electron chi connectivity index (χ1n) is 7.60. The second-order valence-electron chi connectivity index (χ2n) is 6.62. The fraction of sp³-hybridized carbons (Fsp3) is 0.688. The van der Waals surface area contributed by atoms with Crippen molar-refractivity contribution in [1.82, 2.24) is 4.90 Å². The Morgan fingerprint density at radius 2 is 1.87 bits per heavy atom. The molecule has 0 N–H and O–H groups in total. The van der Waals surface area contributed by atoms with Gasteiger partial charge in [0, 0.05) is 19.5 Å². The lowest BCUT2D eigenvalue weighted by atomic mass is 10.1. The summed E-state index contributed by atoms with van der Waals surface area (Å²) in [5.74, 6) is -0.682. The number of carbonyl (C=O) groups excluding carboxylic acids is 3. The molecule has 0 radical (unpaired) electrons. The molecule has 0 saturated heterocycles. The molecule has 0 aromatic rings. The van der Waals surface area contributed by atoms with Crippen LogP contribution >= 0.6 is 0 Å². The molecule has 1 atom stereocenters. The van der Waals surface area contributed by atoms with Crippen LogP contribution in [0.3, 0.4) is 0 Å². The Labute approximate surface area is 136 Å². The predicted octanol–water partition coefficient (Wildman–Crippen LogP) is 2.74.